The summed E-state index contributed by atoms with van der Waals surface area (Å²) in [5.41, 5.74) is 3.13. The van der Waals surface area contributed by atoms with E-state index >= 15 is 0 Å². The third kappa shape index (κ3) is 4.99. The summed E-state index contributed by atoms with van der Waals surface area (Å²) < 4.78 is 24.5. The molecule has 2 atom stereocenters. The fourth-order valence-corrected chi connectivity index (χ4v) is 5.75. The number of sulfone groups is 1. The molecule has 4 N–H and O–H groups in total. The Balaban J connectivity index is 1.87. The monoisotopic (exact) mass is 430 g/mol. The number of hydrogen-bond donors (Lipinski definition) is 4. The minimum atomic E-state index is -3.62. The van der Waals surface area contributed by atoms with Gasteiger partial charge in [0.15, 0.2) is 9.84 Å². The number of rotatable bonds is 8. The summed E-state index contributed by atoms with van der Waals surface area (Å²) in [6, 6.07) is 16.4. The second-order valence-corrected chi connectivity index (χ2v) is 9.56. The van der Waals surface area contributed by atoms with Crippen LogP contribution in [-0.4, -0.2) is 59.2 Å². The first-order valence-corrected chi connectivity index (χ1v) is 11.5. The van der Waals surface area contributed by atoms with Crippen LogP contribution in [0.4, 0.5) is 0 Å². The van der Waals surface area contributed by atoms with Crippen molar-refractivity contribution in [3.05, 3.63) is 76.9 Å². The molecule has 160 valence electrons. The zero-order valence-corrected chi connectivity index (χ0v) is 17.3. The lowest BCUT2D eigenvalue weighted by molar-refractivity contribution is 0.188. The van der Waals surface area contributed by atoms with Crippen molar-refractivity contribution in [3.8, 4) is 5.75 Å². The van der Waals surface area contributed by atoms with E-state index in [1.807, 2.05) is 42.5 Å². The van der Waals surface area contributed by atoms with E-state index < -0.39 is 34.4 Å². The summed E-state index contributed by atoms with van der Waals surface area (Å²) in [4.78, 5) is 0. The highest BCUT2D eigenvalue weighted by molar-refractivity contribution is 7.92. The third-order valence-corrected chi connectivity index (χ3v) is 7.34. The minimum Gasteiger partial charge on any atom is -0.508 e. The van der Waals surface area contributed by atoms with Crippen LogP contribution < -0.4 is 0 Å². The molecule has 0 unspecified atom stereocenters. The van der Waals surface area contributed by atoms with Gasteiger partial charge in [-0.2, -0.15) is 0 Å². The van der Waals surface area contributed by atoms with Gasteiger partial charge in [-0.1, -0.05) is 48.5 Å². The number of hydrogen-bond acceptors (Lipinski definition) is 6. The predicted molar refractivity (Wildman–Crippen MR) is 116 cm³/mol. The predicted octanol–water partition coefficient (Wildman–Crippen LogP) is 2.15. The zero-order valence-electron chi connectivity index (χ0n) is 16.5. The number of aromatic hydroxyl groups is 1. The highest BCUT2D eigenvalue weighted by atomic mass is 32.2. The van der Waals surface area contributed by atoms with E-state index in [-0.39, 0.29) is 29.1 Å². The Bertz CT molecular complexity index is 1040. The van der Waals surface area contributed by atoms with Crippen LogP contribution >= 0.6 is 0 Å². The van der Waals surface area contributed by atoms with Crippen molar-refractivity contribution >= 4 is 21.5 Å². The maximum Gasteiger partial charge on any atom is 0.163 e. The van der Waals surface area contributed by atoms with Crippen LogP contribution in [0.5, 0.6) is 5.75 Å². The quantitative estimate of drug-likeness (QED) is 0.377. The zero-order chi connectivity index (χ0) is 21.7. The Morgan fingerprint density at radius 3 is 2.47 bits per heavy atom. The second-order valence-electron chi connectivity index (χ2n) is 7.38. The largest absolute Gasteiger partial charge is 0.508 e. The van der Waals surface area contributed by atoms with E-state index in [1.54, 1.807) is 18.2 Å². The average Bonchev–Trinajstić information content (AvgIpc) is 3.01. The van der Waals surface area contributed by atoms with Crippen LogP contribution in [0.3, 0.4) is 0 Å². The fraction of sp³-hybridized carbons (Fsp3) is 0.304. The van der Waals surface area contributed by atoms with Crippen molar-refractivity contribution in [1.82, 2.24) is 0 Å². The molecular formula is C23H26O6S. The van der Waals surface area contributed by atoms with Crippen molar-refractivity contribution in [2.24, 2.45) is 0 Å². The molecule has 6 nitrogen and oxygen atoms in total. The van der Waals surface area contributed by atoms with E-state index in [4.69, 9.17) is 0 Å². The van der Waals surface area contributed by atoms with Gasteiger partial charge in [-0.3, -0.25) is 0 Å². The number of allylic oxidation sites excluding steroid dienone is 1. The lowest BCUT2D eigenvalue weighted by Crippen LogP contribution is -2.29. The van der Waals surface area contributed by atoms with E-state index in [2.05, 4.69) is 0 Å². The van der Waals surface area contributed by atoms with Gasteiger partial charge in [0.2, 0.25) is 0 Å². The Morgan fingerprint density at radius 1 is 1.10 bits per heavy atom. The number of phenolic OH excluding ortho intramolecular Hbond substituents is 1. The maximum atomic E-state index is 12.3. The normalized spacial score (nSPS) is 19.8. The molecular weight excluding hydrogens is 404 g/mol. The topological polar surface area (TPSA) is 115 Å². The molecule has 0 radical (unpaired) electrons. The molecule has 0 fully saturated rings. The SMILES string of the molecule is O=S1(=O)CC(CO)=C([C@H](O)CC/C(=C/c2cccc(O)c2)c2ccccc2)[C@@H]1CO. The Kier molecular flexibility index (Phi) is 7.10. The molecule has 7 heteroatoms. The Hall–Kier alpha value is -2.45. The molecule has 3 rings (SSSR count). The molecule has 0 aromatic heterocycles. The van der Waals surface area contributed by atoms with Gasteiger partial charge >= 0.3 is 0 Å². The molecule has 0 bridgehead atoms. The summed E-state index contributed by atoms with van der Waals surface area (Å²) in [6.07, 6.45) is 1.47. The van der Waals surface area contributed by atoms with Crippen LogP contribution in [0.15, 0.2) is 65.7 Å². The first kappa shape index (κ1) is 22.2. The second kappa shape index (κ2) is 9.57. The minimum absolute atomic E-state index is 0.149. The van der Waals surface area contributed by atoms with Gasteiger partial charge in [0.25, 0.3) is 0 Å². The van der Waals surface area contributed by atoms with Gasteiger partial charge in [0, 0.05) is 0 Å². The molecule has 1 heterocycles. The van der Waals surface area contributed by atoms with Crippen molar-refractivity contribution < 1.29 is 28.8 Å². The van der Waals surface area contributed by atoms with Crippen LogP contribution in [0.25, 0.3) is 11.6 Å². The first-order chi connectivity index (χ1) is 14.4. The van der Waals surface area contributed by atoms with Gasteiger partial charge in [-0.15, -0.1) is 0 Å². The van der Waals surface area contributed by atoms with E-state index in [0.29, 0.717) is 6.42 Å². The highest BCUT2D eigenvalue weighted by Gasteiger charge is 2.40. The molecule has 0 saturated carbocycles. The molecule has 2 aromatic carbocycles. The molecule has 2 aromatic rings. The number of aliphatic hydroxyl groups is 3. The summed E-state index contributed by atoms with van der Waals surface area (Å²) in [5, 5.41) is 38.5. The first-order valence-electron chi connectivity index (χ1n) is 9.74. The van der Waals surface area contributed by atoms with Crippen LogP contribution in [0, 0.1) is 0 Å². The summed E-state index contributed by atoms with van der Waals surface area (Å²) in [5.74, 6) is -0.193. The van der Waals surface area contributed by atoms with Crippen molar-refractivity contribution in [1.29, 1.82) is 0 Å². The van der Waals surface area contributed by atoms with Gasteiger partial charge in [0.1, 0.15) is 11.0 Å². The van der Waals surface area contributed by atoms with Gasteiger partial charge in [-0.05, 0) is 52.8 Å². The van der Waals surface area contributed by atoms with Crippen LogP contribution in [0.1, 0.15) is 24.0 Å². The number of aliphatic hydroxyl groups excluding tert-OH is 3. The van der Waals surface area contributed by atoms with Crippen LogP contribution in [-0.2, 0) is 9.84 Å². The third-order valence-electron chi connectivity index (χ3n) is 5.32. The van der Waals surface area contributed by atoms with E-state index in [9.17, 15) is 28.8 Å². The summed E-state index contributed by atoms with van der Waals surface area (Å²) >= 11 is 0. The molecule has 0 saturated heterocycles. The van der Waals surface area contributed by atoms with Gasteiger partial charge < -0.3 is 20.4 Å². The highest BCUT2D eigenvalue weighted by Crippen LogP contribution is 2.33. The molecule has 1 aliphatic heterocycles. The van der Waals surface area contributed by atoms with Gasteiger partial charge in [-0.25, -0.2) is 8.42 Å². The van der Waals surface area contributed by atoms with Gasteiger partial charge in [0.05, 0.1) is 25.1 Å². The van der Waals surface area contributed by atoms with E-state index in [1.165, 1.54) is 0 Å². The van der Waals surface area contributed by atoms with Crippen LogP contribution in [0.2, 0.25) is 0 Å². The fourth-order valence-electron chi connectivity index (χ4n) is 3.86. The summed E-state index contributed by atoms with van der Waals surface area (Å²) in [6.45, 7) is -1.09. The lowest BCUT2D eigenvalue weighted by Gasteiger charge is -2.19. The van der Waals surface area contributed by atoms with Crippen molar-refractivity contribution in [3.63, 3.8) is 0 Å². The summed E-state index contributed by atoms with van der Waals surface area (Å²) in [7, 11) is -3.62. The average molecular weight is 431 g/mol. The van der Waals surface area contributed by atoms with Crippen molar-refractivity contribution in [2.75, 3.05) is 19.0 Å². The number of phenols is 1. The van der Waals surface area contributed by atoms with E-state index in [0.717, 1.165) is 16.7 Å². The smallest absolute Gasteiger partial charge is 0.163 e. The number of benzene rings is 2. The molecule has 0 spiro atoms. The molecule has 0 aliphatic carbocycles. The lowest BCUT2D eigenvalue weighted by atomic mass is 9.92. The van der Waals surface area contributed by atoms with Crippen molar-refractivity contribution in [2.45, 2.75) is 24.2 Å². The molecule has 30 heavy (non-hydrogen) atoms. The maximum absolute atomic E-state index is 12.3. The molecule has 0 amide bonds. The molecule has 1 aliphatic rings. The standard InChI is InChI=1S/C23H26O6S/c24-13-19-15-30(28,29)22(14-25)23(19)21(27)10-9-18(17-6-2-1-3-7-17)11-16-5-4-8-20(26)12-16/h1-8,11-12,21-22,24-27H,9-10,13-15H2/b18-11-/t21-,22+/m1/s1. The Labute approximate surface area is 176 Å². The Morgan fingerprint density at radius 2 is 1.83 bits per heavy atom.